The maximum absolute atomic E-state index is 16.9. The number of fused-ring (bicyclic) bond motifs is 6. The molecule has 0 bridgehead atoms. The summed E-state index contributed by atoms with van der Waals surface area (Å²) in [7, 11) is 0. The van der Waals surface area contributed by atoms with Crippen molar-refractivity contribution in [3.8, 4) is 30.3 Å². The number of aromatic nitrogens is 3. The van der Waals surface area contributed by atoms with E-state index in [1.165, 1.54) is 12.1 Å². The van der Waals surface area contributed by atoms with Gasteiger partial charge < -0.3 is 9.69 Å². The molecule has 0 fully saturated rings. The summed E-state index contributed by atoms with van der Waals surface area (Å²) in [5.74, 6) is -12.1. The summed E-state index contributed by atoms with van der Waals surface area (Å²) in [6, 6.07) is 7.83. The van der Waals surface area contributed by atoms with E-state index in [9.17, 15) is 26.3 Å². The number of rotatable bonds is 3. The molecule has 7 rings (SSSR count). The molecule has 0 atom stereocenters. The van der Waals surface area contributed by atoms with Gasteiger partial charge in [0.15, 0.2) is 5.69 Å². The van der Waals surface area contributed by atoms with Gasteiger partial charge in [0.25, 0.3) is 16.6 Å². The summed E-state index contributed by atoms with van der Waals surface area (Å²) >= 11 is 1.10. The first-order valence-corrected chi connectivity index (χ1v) is 17.1. The summed E-state index contributed by atoms with van der Waals surface area (Å²) in [6.07, 6.45) is 0. The zero-order valence-electron chi connectivity index (χ0n) is 26.9. The van der Waals surface area contributed by atoms with Crippen LogP contribution >= 0.6 is 34.0 Å². The lowest BCUT2D eigenvalue weighted by Crippen LogP contribution is -2.64. The quantitative estimate of drug-likeness (QED) is 0.156. The van der Waals surface area contributed by atoms with Crippen LogP contribution < -0.4 is 31.3 Å². The Kier molecular flexibility index (Phi) is 8.69. The smallest absolute Gasteiger partial charge is 0.299 e. The number of benzene rings is 1. The summed E-state index contributed by atoms with van der Waals surface area (Å²) in [5.41, 5.74) is -7.52. The van der Waals surface area contributed by atoms with Crippen LogP contribution in [-0.2, 0) is 0 Å². The molecular formula is C36F6N12S3. The summed E-state index contributed by atoms with van der Waals surface area (Å²) in [5, 5.41) is 38.7. The molecule has 0 unspecified atom stereocenters. The highest BCUT2D eigenvalue weighted by Gasteiger charge is 2.39. The molecule has 0 saturated heterocycles. The van der Waals surface area contributed by atoms with Gasteiger partial charge in [0, 0.05) is 31.3 Å². The van der Waals surface area contributed by atoms with Crippen LogP contribution in [0.4, 0.5) is 43.0 Å². The zero-order valence-corrected chi connectivity index (χ0v) is 29.3. The number of thiazole rings is 3. The van der Waals surface area contributed by atoms with Gasteiger partial charge in [-0.05, 0) is 0 Å². The van der Waals surface area contributed by atoms with Crippen molar-refractivity contribution < 1.29 is 26.3 Å². The van der Waals surface area contributed by atoms with Gasteiger partial charge >= 0.3 is 0 Å². The van der Waals surface area contributed by atoms with Gasteiger partial charge in [0.05, 0.1) is 29.9 Å². The highest BCUT2D eigenvalue weighted by Crippen LogP contribution is 2.42. The van der Waals surface area contributed by atoms with E-state index in [1.807, 2.05) is 0 Å². The predicted octanol–water partition coefficient (Wildman–Crippen LogP) is 5.12. The molecule has 1 aromatic carbocycles. The molecule has 3 aliphatic carbocycles. The average Bonchev–Trinajstić information content (AvgIpc) is 4.06. The minimum atomic E-state index is -1.84. The largest absolute Gasteiger partial charge is 0.370 e. The van der Waals surface area contributed by atoms with Crippen molar-refractivity contribution in [2.75, 3.05) is 0 Å². The zero-order chi connectivity index (χ0) is 41.2. The molecule has 12 nitrogen and oxygen atoms in total. The normalized spacial score (nSPS) is 16.2. The van der Waals surface area contributed by atoms with E-state index in [4.69, 9.17) is 26.3 Å². The molecule has 0 amide bonds. The van der Waals surface area contributed by atoms with E-state index >= 15 is 26.3 Å². The third-order valence-electron chi connectivity index (χ3n) is 8.29. The van der Waals surface area contributed by atoms with Crippen LogP contribution in [0.5, 0.6) is 0 Å². The van der Waals surface area contributed by atoms with Crippen molar-refractivity contribution in [2.24, 2.45) is 0 Å². The highest BCUT2D eigenvalue weighted by atomic mass is 32.1. The third kappa shape index (κ3) is 4.92. The fourth-order valence-electron chi connectivity index (χ4n) is 6.08. The standard InChI is InChI=1S/C36F6N12S3/c1-48-30(35-52-12(7-45)13(8-46)55-35)23-28(41)21-19-17(24(37)15(25(19)38)10(5-43)33-53-31(49-2)14(9-47)56-33)18-20(22(21)29(23)42)27(40)16(26(18)39)11(6-44)34-54-32(50-3)36(51-4)57-34/b15-10+,16-11-,30-23-. The molecule has 3 aromatic heterocycles. The Morgan fingerprint density at radius 2 is 0.912 bits per heavy atom. The lowest BCUT2D eigenvalue weighted by atomic mass is 10.1. The van der Waals surface area contributed by atoms with Crippen LogP contribution in [0.2, 0.25) is 0 Å². The Morgan fingerprint density at radius 3 is 1.25 bits per heavy atom. The fourth-order valence-corrected chi connectivity index (χ4v) is 8.49. The minimum Gasteiger partial charge on any atom is -0.370 e. The summed E-state index contributed by atoms with van der Waals surface area (Å²) in [4.78, 5) is 22.9. The SMILES string of the molecule is [C-]#[N+]/C(=C1\C(F)=c2c3c(c4c(c2=C1F)=C(F)/C(=C(\C#N)c1nc([N+]#[C-])c(C#N)s1)C=4F)=C(F)/C(=C(\C#N)c1nc([N+]#[C-])c([N+]#[C-])s1)C=3F)c1nc(C#N)c(C#N)s1. The Bertz CT molecular complexity index is 3040. The maximum Gasteiger partial charge on any atom is 0.299 e. The Labute approximate surface area is 323 Å². The molecule has 4 aromatic rings. The van der Waals surface area contributed by atoms with Crippen LogP contribution in [0, 0.1) is 82.9 Å². The van der Waals surface area contributed by atoms with E-state index < -0.39 is 132 Å². The number of halogens is 6. The van der Waals surface area contributed by atoms with Crippen molar-refractivity contribution >= 4 is 102 Å². The van der Waals surface area contributed by atoms with Crippen molar-refractivity contribution in [1.82, 2.24) is 15.0 Å². The number of allylic oxidation sites excluding steroid dienone is 5. The summed E-state index contributed by atoms with van der Waals surface area (Å²) in [6.45, 7) is 29.5. The van der Waals surface area contributed by atoms with Gasteiger partial charge in [0.2, 0.25) is 15.7 Å². The molecule has 3 heterocycles. The van der Waals surface area contributed by atoms with Crippen molar-refractivity contribution in [3.63, 3.8) is 0 Å². The van der Waals surface area contributed by atoms with Crippen LogP contribution in [-0.4, -0.2) is 15.0 Å². The first kappa shape index (κ1) is 36.9. The van der Waals surface area contributed by atoms with Gasteiger partial charge in [-0.2, -0.15) is 26.3 Å². The molecule has 21 heteroatoms. The molecule has 57 heavy (non-hydrogen) atoms. The third-order valence-corrected chi connectivity index (χ3v) is 11.2. The number of hydrogen-bond acceptors (Lipinski definition) is 11. The predicted molar refractivity (Wildman–Crippen MR) is 189 cm³/mol. The van der Waals surface area contributed by atoms with E-state index in [-0.39, 0.29) is 14.8 Å². The van der Waals surface area contributed by atoms with Crippen LogP contribution in [0.1, 0.15) is 30.5 Å². The first-order chi connectivity index (χ1) is 27.4. The van der Waals surface area contributed by atoms with E-state index in [0.717, 1.165) is 0 Å². The Balaban J connectivity index is 1.79. The Hall–Kier alpha value is -8.46. The van der Waals surface area contributed by atoms with Gasteiger partial charge in [0.1, 0.15) is 91.2 Å². The fraction of sp³-hybridized carbons (Fsp3) is 0. The lowest BCUT2D eigenvalue weighted by molar-refractivity contribution is 0.725. The molecule has 0 radical (unpaired) electrons. The highest BCUT2D eigenvalue weighted by molar-refractivity contribution is 7.17. The molecule has 264 valence electrons. The van der Waals surface area contributed by atoms with Crippen LogP contribution in [0.25, 0.3) is 71.2 Å². The van der Waals surface area contributed by atoms with Crippen LogP contribution in [0.15, 0.2) is 16.7 Å². The molecular weight excluding hydrogens is 811 g/mol. The monoisotopic (exact) mass is 810 g/mol. The molecule has 3 aliphatic rings. The Morgan fingerprint density at radius 1 is 0.491 bits per heavy atom. The lowest BCUT2D eigenvalue weighted by Gasteiger charge is -2.01. The second-order valence-corrected chi connectivity index (χ2v) is 13.9. The van der Waals surface area contributed by atoms with Crippen molar-refractivity contribution in [1.29, 1.82) is 26.3 Å². The number of hydrogen-bond donors (Lipinski definition) is 0. The average molecular weight is 811 g/mol. The van der Waals surface area contributed by atoms with E-state index in [0.29, 0.717) is 34.0 Å². The topological polar surface area (TPSA) is 175 Å². The second-order valence-electron chi connectivity index (χ2n) is 10.9. The van der Waals surface area contributed by atoms with E-state index in [2.05, 4.69) is 34.3 Å². The van der Waals surface area contributed by atoms with E-state index in [1.54, 1.807) is 18.2 Å². The van der Waals surface area contributed by atoms with Gasteiger partial charge in [-0.1, -0.05) is 24.5 Å². The molecule has 0 saturated carbocycles. The molecule has 0 spiro atoms. The van der Waals surface area contributed by atoms with Crippen molar-refractivity contribution in [3.05, 3.63) is 124 Å². The maximum atomic E-state index is 16.9. The van der Waals surface area contributed by atoms with Crippen molar-refractivity contribution in [2.45, 2.75) is 0 Å². The summed E-state index contributed by atoms with van der Waals surface area (Å²) < 4.78 is 102. The van der Waals surface area contributed by atoms with Gasteiger partial charge in [-0.25, -0.2) is 41.0 Å². The second kappa shape index (κ2) is 13.4. The first-order valence-electron chi connectivity index (χ1n) is 14.6. The molecule has 0 N–H and O–H groups in total. The van der Waals surface area contributed by atoms with Gasteiger partial charge in [-0.3, -0.25) is 0 Å². The van der Waals surface area contributed by atoms with Crippen LogP contribution in [0.3, 0.4) is 0 Å². The molecule has 0 aliphatic heterocycles. The minimum absolute atomic E-state index is 0.365. The number of nitrogens with zero attached hydrogens (tertiary/aromatic N) is 12. The number of nitriles is 5. The van der Waals surface area contributed by atoms with Gasteiger partial charge in [-0.15, -0.1) is 32.6 Å².